The van der Waals surface area contributed by atoms with Crippen molar-refractivity contribution in [1.29, 1.82) is 0 Å². The van der Waals surface area contributed by atoms with Crippen LogP contribution in [0.15, 0.2) is 18.2 Å². The Kier molecular flexibility index (Phi) is 3.65. The number of hydrogen-bond donors (Lipinski definition) is 1. The predicted octanol–water partition coefficient (Wildman–Crippen LogP) is 2.96. The molecule has 1 aromatic carbocycles. The van der Waals surface area contributed by atoms with Crippen LogP contribution in [0.4, 0.5) is 0 Å². The molecular weight excluding hydrogens is 284 g/mol. The molecule has 3 aromatic rings. The zero-order valence-electron chi connectivity index (χ0n) is 12.4. The van der Waals surface area contributed by atoms with Crippen molar-refractivity contribution in [2.24, 2.45) is 5.73 Å². The maximum absolute atomic E-state index is 5.70. The van der Waals surface area contributed by atoms with Crippen molar-refractivity contribution < 1.29 is 4.74 Å². The van der Waals surface area contributed by atoms with Gasteiger partial charge in [-0.3, -0.25) is 0 Å². The third kappa shape index (κ3) is 2.30. The highest BCUT2D eigenvalue weighted by molar-refractivity contribution is 7.15. The molecule has 0 radical (unpaired) electrons. The fourth-order valence-electron chi connectivity index (χ4n) is 2.48. The van der Waals surface area contributed by atoms with Crippen LogP contribution in [0, 0.1) is 6.92 Å². The number of imidazole rings is 1. The molecule has 0 spiro atoms. The summed E-state index contributed by atoms with van der Waals surface area (Å²) < 4.78 is 7.48. The van der Waals surface area contributed by atoms with Crippen LogP contribution in [0.5, 0.6) is 5.75 Å². The SMILES string of the molecule is CCn1c(-c2sc(CN)nc2C)nc2cc(OC)ccc21. The number of nitrogens with two attached hydrogens (primary N) is 1. The highest BCUT2D eigenvalue weighted by atomic mass is 32.1. The van der Waals surface area contributed by atoms with E-state index >= 15 is 0 Å². The van der Waals surface area contributed by atoms with Crippen LogP contribution in [0.1, 0.15) is 17.6 Å². The monoisotopic (exact) mass is 302 g/mol. The first-order chi connectivity index (χ1) is 10.2. The minimum absolute atomic E-state index is 0.464. The molecule has 0 amide bonds. The van der Waals surface area contributed by atoms with Crippen molar-refractivity contribution in [2.75, 3.05) is 7.11 Å². The Hall–Kier alpha value is -1.92. The minimum atomic E-state index is 0.464. The van der Waals surface area contributed by atoms with Crippen molar-refractivity contribution in [2.45, 2.75) is 26.9 Å². The van der Waals surface area contributed by atoms with Gasteiger partial charge in [0.2, 0.25) is 0 Å². The summed E-state index contributed by atoms with van der Waals surface area (Å²) in [6, 6.07) is 5.98. The molecule has 110 valence electrons. The summed E-state index contributed by atoms with van der Waals surface area (Å²) in [5, 5.41) is 0.940. The van der Waals surface area contributed by atoms with E-state index in [2.05, 4.69) is 16.5 Å². The van der Waals surface area contributed by atoms with E-state index in [-0.39, 0.29) is 0 Å². The van der Waals surface area contributed by atoms with Crippen LogP contribution < -0.4 is 10.5 Å². The van der Waals surface area contributed by atoms with Gasteiger partial charge >= 0.3 is 0 Å². The number of fused-ring (bicyclic) bond motifs is 1. The third-order valence-electron chi connectivity index (χ3n) is 3.49. The number of aryl methyl sites for hydroxylation is 2. The third-order valence-corrected chi connectivity index (χ3v) is 4.67. The molecule has 0 aliphatic rings. The van der Waals surface area contributed by atoms with Gasteiger partial charge in [-0.05, 0) is 26.0 Å². The lowest BCUT2D eigenvalue weighted by molar-refractivity contribution is 0.415. The van der Waals surface area contributed by atoms with Crippen molar-refractivity contribution >= 4 is 22.4 Å². The molecule has 0 unspecified atom stereocenters. The van der Waals surface area contributed by atoms with Gasteiger partial charge in [-0.1, -0.05) is 0 Å². The van der Waals surface area contributed by atoms with Gasteiger partial charge in [0.1, 0.15) is 10.8 Å². The second-order valence-electron chi connectivity index (χ2n) is 4.76. The summed E-state index contributed by atoms with van der Waals surface area (Å²) in [5.41, 5.74) is 8.73. The van der Waals surface area contributed by atoms with Gasteiger partial charge in [0.05, 0.1) is 28.7 Å². The van der Waals surface area contributed by atoms with Gasteiger partial charge < -0.3 is 15.0 Å². The fraction of sp³-hybridized carbons (Fsp3) is 0.333. The lowest BCUT2D eigenvalue weighted by Gasteiger charge is -2.05. The number of hydrogen-bond acceptors (Lipinski definition) is 5. The molecule has 5 nitrogen and oxygen atoms in total. The maximum Gasteiger partial charge on any atom is 0.153 e. The van der Waals surface area contributed by atoms with Gasteiger partial charge in [-0.25, -0.2) is 9.97 Å². The zero-order chi connectivity index (χ0) is 15.0. The largest absolute Gasteiger partial charge is 0.497 e. The predicted molar refractivity (Wildman–Crippen MR) is 85.7 cm³/mol. The van der Waals surface area contributed by atoms with Crippen LogP contribution >= 0.6 is 11.3 Å². The normalized spacial score (nSPS) is 11.2. The lowest BCUT2D eigenvalue weighted by Crippen LogP contribution is -1.97. The van der Waals surface area contributed by atoms with Crippen LogP contribution in [0.3, 0.4) is 0 Å². The number of nitrogens with zero attached hydrogens (tertiary/aromatic N) is 3. The number of rotatable bonds is 4. The lowest BCUT2D eigenvalue weighted by atomic mass is 10.3. The Balaban J connectivity index is 2.23. The molecule has 0 bridgehead atoms. The second kappa shape index (κ2) is 5.46. The zero-order valence-corrected chi connectivity index (χ0v) is 13.2. The van der Waals surface area contributed by atoms with Crippen LogP contribution in [0.2, 0.25) is 0 Å². The minimum Gasteiger partial charge on any atom is -0.497 e. The highest BCUT2D eigenvalue weighted by Crippen LogP contribution is 2.33. The molecule has 0 fully saturated rings. The van der Waals surface area contributed by atoms with Gasteiger partial charge in [-0.2, -0.15) is 0 Å². The molecule has 0 aliphatic heterocycles. The highest BCUT2D eigenvalue weighted by Gasteiger charge is 2.17. The number of aromatic nitrogens is 3. The van der Waals surface area contributed by atoms with E-state index in [1.165, 1.54) is 0 Å². The van der Waals surface area contributed by atoms with E-state index in [0.29, 0.717) is 6.54 Å². The van der Waals surface area contributed by atoms with Crippen molar-refractivity contribution in [1.82, 2.24) is 14.5 Å². The van der Waals surface area contributed by atoms with E-state index in [4.69, 9.17) is 15.5 Å². The first-order valence-corrected chi connectivity index (χ1v) is 7.70. The number of thiazole rings is 1. The summed E-state index contributed by atoms with van der Waals surface area (Å²) in [7, 11) is 1.67. The molecule has 0 aliphatic carbocycles. The molecule has 2 heterocycles. The quantitative estimate of drug-likeness (QED) is 0.804. The van der Waals surface area contributed by atoms with Gasteiger partial charge in [0, 0.05) is 19.2 Å². The molecule has 0 saturated heterocycles. The van der Waals surface area contributed by atoms with Crippen LogP contribution in [-0.4, -0.2) is 21.6 Å². The molecule has 3 rings (SSSR count). The van der Waals surface area contributed by atoms with Gasteiger partial charge in [0.25, 0.3) is 0 Å². The molecule has 6 heteroatoms. The summed E-state index contributed by atoms with van der Waals surface area (Å²) >= 11 is 1.62. The summed E-state index contributed by atoms with van der Waals surface area (Å²) in [5.74, 6) is 1.77. The average molecular weight is 302 g/mol. The first kappa shape index (κ1) is 14.0. The van der Waals surface area contributed by atoms with Gasteiger partial charge in [-0.15, -0.1) is 11.3 Å². The molecule has 0 atom stereocenters. The summed E-state index contributed by atoms with van der Waals surface area (Å²) in [6.07, 6.45) is 0. The van der Waals surface area contributed by atoms with Crippen molar-refractivity contribution in [3.8, 4) is 16.5 Å². The summed E-state index contributed by atoms with van der Waals surface area (Å²) in [6.45, 7) is 5.44. The van der Waals surface area contributed by atoms with E-state index in [0.717, 1.165) is 44.7 Å². The Bertz CT molecular complexity index is 790. The Morgan fingerprint density at radius 1 is 1.33 bits per heavy atom. The molecule has 2 aromatic heterocycles. The van der Waals surface area contributed by atoms with Crippen LogP contribution in [-0.2, 0) is 13.1 Å². The number of methoxy groups -OCH3 is 1. The first-order valence-electron chi connectivity index (χ1n) is 6.89. The average Bonchev–Trinajstić information content (AvgIpc) is 3.05. The number of benzene rings is 1. The van der Waals surface area contributed by atoms with Gasteiger partial charge in [0.15, 0.2) is 5.82 Å². The van der Waals surface area contributed by atoms with Crippen LogP contribution in [0.25, 0.3) is 21.7 Å². The summed E-state index contributed by atoms with van der Waals surface area (Å²) in [4.78, 5) is 10.4. The standard InChI is InChI=1S/C15H18N4OS/c1-4-19-12-6-5-10(20-3)7-11(12)18-15(19)14-9(2)17-13(8-16)21-14/h5-7H,4,8,16H2,1-3H3. The topological polar surface area (TPSA) is 66.0 Å². The Morgan fingerprint density at radius 2 is 2.14 bits per heavy atom. The molecule has 0 saturated carbocycles. The second-order valence-corrected chi connectivity index (χ2v) is 5.84. The van der Waals surface area contributed by atoms with Crippen molar-refractivity contribution in [3.05, 3.63) is 28.9 Å². The van der Waals surface area contributed by atoms with Crippen molar-refractivity contribution in [3.63, 3.8) is 0 Å². The van der Waals surface area contributed by atoms with E-state index in [9.17, 15) is 0 Å². The van der Waals surface area contributed by atoms with E-state index in [1.807, 2.05) is 25.1 Å². The van der Waals surface area contributed by atoms with E-state index < -0.39 is 0 Å². The maximum atomic E-state index is 5.70. The molecule has 2 N–H and O–H groups in total. The number of ether oxygens (including phenoxy) is 1. The Morgan fingerprint density at radius 3 is 2.76 bits per heavy atom. The molecule has 21 heavy (non-hydrogen) atoms. The van der Waals surface area contributed by atoms with E-state index in [1.54, 1.807) is 18.4 Å². The smallest absolute Gasteiger partial charge is 0.153 e. The fourth-order valence-corrected chi connectivity index (χ4v) is 3.42. The Labute approximate surface area is 127 Å². The molecular formula is C15H18N4OS.